The summed E-state index contributed by atoms with van der Waals surface area (Å²) in [4.78, 5) is 15.5. The van der Waals surface area contributed by atoms with Gasteiger partial charge in [0.15, 0.2) is 0 Å². The molecular weight excluding hydrogens is 362 g/mol. The number of fused-ring (bicyclic) bond motifs is 2. The third kappa shape index (κ3) is 3.72. The normalized spacial score (nSPS) is 29.6. The monoisotopic (exact) mass is 393 g/mol. The Kier molecular flexibility index (Phi) is 5.26. The molecule has 2 bridgehead atoms. The topological polar surface area (TPSA) is 49.8 Å². The summed E-state index contributed by atoms with van der Waals surface area (Å²) in [6, 6.07) is 20.6. The maximum atomic E-state index is 13.2. The van der Waals surface area contributed by atoms with Gasteiger partial charge >= 0.3 is 5.97 Å². The lowest BCUT2D eigenvalue weighted by Gasteiger charge is -2.48. The molecule has 2 aliphatic rings. The molecule has 0 saturated carbocycles. The van der Waals surface area contributed by atoms with E-state index in [1.807, 2.05) is 57.2 Å². The van der Waals surface area contributed by atoms with Gasteiger partial charge in [-0.3, -0.25) is 9.69 Å². The van der Waals surface area contributed by atoms with Gasteiger partial charge < -0.3 is 9.84 Å². The Labute approximate surface area is 173 Å². The fourth-order valence-electron chi connectivity index (χ4n) is 5.21. The standard InChI is InChI=1S/C25H31NO3/c1-24(2,3)29-23(28)20-16-25(19-12-8-5-9-13-19)22(27)15-14-21(20)26(25)17-18-10-6-4-7-11-18/h4-13,20-22,27H,14-17H2,1-3H3/t20-,21-,22+,25+/m0/s1. The van der Waals surface area contributed by atoms with Crippen molar-refractivity contribution in [2.24, 2.45) is 5.92 Å². The number of piperidine rings is 1. The van der Waals surface area contributed by atoms with Crippen molar-refractivity contribution in [3.8, 4) is 0 Å². The molecule has 0 aromatic heterocycles. The first-order valence-corrected chi connectivity index (χ1v) is 10.6. The summed E-state index contributed by atoms with van der Waals surface area (Å²) in [5.41, 5.74) is 1.19. The predicted octanol–water partition coefficient (Wildman–Crippen LogP) is 4.27. The van der Waals surface area contributed by atoms with Crippen LogP contribution in [0, 0.1) is 5.92 Å². The fourth-order valence-corrected chi connectivity index (χ4v) is 5.21. The van der Waals surface area contributed by atoms with E-state index in [1.165, 1.54) is 5.56 Å². The average molecular weight is 394 g/mol. The van der Waals surface area contributed by atoms with Gasteiger partial charge in [0.05, 0.1) is 17.6 Å². The summed E-state index contributed by atoms with van der Waals surface area (Å²) in [6.07, 6.45) is 1.57. The predicted molar refractivity (Wildman–Crippen MR) is 113 cm³/mol. The molecule has 4 nitrogen and oxygen atoms in total. The summed E-state index contributed by atoms with van der Waals surface area (Å²) >= 11 is 0. The summed E-state index contributed by atoms with van der Waals surface area (Å²) in [5, 5.41) is 11.3. The van der Waals surface area contributed by atoms with E-state index >= 15 is 0 Å². The van der Waals surface area contributed by atoms with Crippen molar-refractivity contribution < 1.29 is 14.6 Å². The summed E-state index contributed by atoms with van der Waals surface area (Å²) in [6.45, 7) is 6.44. The number of hydrogen-bond acceptors (Lipinski definition) is 4. The molecule has 2 heterocycles. The van der Waals surface area contributed by atoms with Crippen molar-refractivity contribution in [3.63, 3.8) is 0 Å². The van der Waals surface area contributed by atoms with Crippen LogP contribution in [0.5, 0.6) is 0 Å². The molecule has 2 aliphatic heterocycles. The van der Waals surface area contributed by atoms with E-state index in [-0.39, 0.29) is 17.9 Å². The van der Waals surface area contributed by atoms with Crippen LogP contribution in [0.2, 0.25) is 0 Å². The number of rotatable bonds is 4. The number of carbonyl (C=O) groups is 1. The fraction of sp³-hybridized carbons (Fsp3) is 0.480. The molecular formula is C25H31NO3. The first kappa shape index (κ1) is 20.1. The number of benzene rings is 2. The molecule has 1 N–H and O–H groups in total. The number of aliphatic hydroxyl groups excluding tert-OH is 1. The van der Waals surface area contributed by atoms with Gasteiger partial charge in [-0.25, -0.2) is 0 Å². The van der Waals surface area contributed by atoms with Crippen molar-refractivity contribution in [2.75, 3.05) is 0 Å². The molecule has 0 unspecified atom stereocenters. The third-order valence-corrected chi connectivity index (χ3v) is 6.37. The summed E-state index contributed by atoms with van der Waals surface area (Å²) in [5.74, 6) is -0.386. The van der Waals surface area contributed by atoms with Crippen LogP contribution in [0.1, 0.15) is 51.2 Å². The maximum Gasteiger partial charge on any atom is 0.311 e. The van der Waals surface area contributed by atoms with Crippen LogP contribution >= 0.6 is 0 Å². The summed E-state index contributed by atoms with van der Waals surface area (Å²) < 4.78 is 5.80. The lowest BCUT2D eigenvalue weighted by Crippen LogP contribution is -2.55. The second kappa shape index (κ2) is 7.58. The Hall–Kier alpha value is -2.17. The van der Waals surface area contributed by atoms with E-state index in [2.05, 4.69) is 29.2 Å². The van der Waals surface area contributed by atoms with Gasteiger partial charge in [0.2, 0.25) is 0 Å². The van der Waals surface area contributed by atoms with Crippen LogP contribution in [0.25, 0.3) is 0 Å². The quantitative estimate of drug-likeness (QED) is 0.788. The Balaban J connectivity index is 1.76. The third-order valence-electron chi connectivity index (χ3n) is 6.37. The minimum absolute atomic E-state index is 0.0636. The maximum absolute atomic E-state index is 13.2. The molecule has 0 radical (unpaired) electrons. The van der Waals surface area contributed by atoms with E-state index in [4.69, 9.17) is 4.74 Å². The molecule has 0 aliphatic carbocycles. The highest BCUT2D eigenvalue weighted by Gasteiger charge is 2.61. The zero-order valence-electron chi connectivity index (χ0n) is 17.5. The van der Waals surface area contributed by atoms with Crippen LogP contribution < -0.4 is 0 Å². The smallest absolute Gasteiger partial charge is 0.311 e. The van der Waals surface area contributed by atoms with Gasteiger partial charge in [-0.2, -0.15) is 0 Å². The van der Waals surface area contributed by atoms with Crippen LogP contribution in [-0.4, -0.2) is 33.7 Å². The molecule has 29 heavy (non-hydrogen) atoms. The average Bonchev–Trinajstić information content (AvgIpc) is 2.92. The Morgan fingerprint density at radius 2 is 1.69 bits per heavy atom. The molecule has 154 valence electrons. The molecule has 4 rings (SSSR count). The first-order valence-electron chi connectivity index (χ1n) is 10.6. The Morgan fingerprint density at radius 1 is 1.07 bits per heavy atom. The zero-order valence-corrected chi connectivity index (χ0v) is 17.5. The van der Waals surface area contributed by atoms with E-state index in [9.17, 15) is 9.90 Å². The van der Waals surface area contributed by atoms with E-state index in [0.717, 1.165) is 12.0 Å². The van der Waals surface area contributed by atoms with Crippen molar-refractivity contribution in [1.82, 2.24) is 4.90 Å². The highest BCUT2D eigenvalue weighted by molar-refractivity contribution is 5.75. The van der Waals surface area contributed by atoms with Crippen LogP contribution in [0.15, 0.2) is 60.7 Å². The Morgan fingerprint density at radius 3 is 2.31 bits per heavy atom. The van der Waals surface area contributed by atoms with E-state index in [0.29, 0.717) is 19.4 Å². The lowest BCUT2D eigenvalue weighted by atomic mass is 9.78. The van der Waals surface area contributed by atoms with E-state index < -0.39 is 17.2 Å². The minimum atomic E-state index is -0.568. The second-order valence-electron chi connectivity index (χ2n) is 9.41. The summed E-state index contributed by atoms with van der Waals surface area (Å²) in [7, 11) is 0. The van der Waals surface area contributed by atoms with Gasteiger partial charge in [0.1, 0.15) is 5.60 Å². The van der Waals surface area contributed by atoms with Gasteiger partial charge in [0, 0.05) is 12.6 Å². The van der Waals surface area contributed by atoms with Crippen molar-refractivity contribution in [3.05, 3.63) is 71.8 Å². The van der Waals surface area contributed by atoms with Crippen LogP contribution in [-0.2, 0) is 21.6 Å². The molecule has 0 amide bonds. The van der Waals surface area contributed by atoms with Gasteiger partial charge in [0.25, 0.3) is 0 Å². The molecule has 4 atom stereocenters. The number of hydrogen-bond donors (Lipinski definition) is 1. The molecule has 2 saturated heterocycles. The number of nitrogens with zero attached hydrogens (tertiary/aromatic N) is 1. The number of ether oxygens (including phenoxy) is 1. The zero-order chi connectivity index (χ0) is 20.6. The SMILES string of the molecule is CC(C)(C)OC(=O)[C@H]1C[C@@]2(c3ccccc3)[C@H](O)CC[C@@H]1N2Cc1ccccc1. The second-order valence-corrected chi connectivity index (χ2v) is 9.41. The Bertz CT molecular complexity index is 845. The number of carbonyl (C=O) groups excluding carboxylic acids is 1. The highest BCUT2D eigenvalue weighted by atomic mass is 16.6. The highest BCUT2D eigenvalue weighted by Crippen LogP contribution is 2.54. The number of esters is 1. The van der Waals surface area contributed by atoms with Crippen LogP contribution in [0.4, 0.5) is 0 Å². The minimum Gasteiger partial charge on any atom is -0.460 e. The molecule has 4 heteroatoms. The van der Waals surface area contributed by atoms with Gasteiger partial charge in [-0.15, -0.1) is 0 Å². The van der Waals surface area contributed by atoms with Crippen molar-refractivity contribution in [1.29, 1.82) is 0 Å². The molecule has 2 aromatic rings. The van der Waals surface area contributed by atoms with E-state index in [1.54, 1.807) is 0 Å². The molecule has 2 aromatic carbocycles. The molecule has 0 spiro atoms. The number of aliphatic hydroxyl groups is 1. The first-order chi connectivity index (χ1) is 13.8. The van der Waals surface area contributed by atoms with Gasteiger partial charge in [-0.1, -0.05) is 60.7 Å². The lowest BCUT2D eigenvalue weighted by molar-refractivity contribution is -0.161. The largest absolute Gasteiger partial charge is 0.460 e. The van der Waals surface area contributed by atoms with Gasteiger partial charge in [-0.05, 0) is 51.2 Å². The van der Waals surface area contributed by atoms with Crippen molar-refractivity contribution >= 4 is 5.97 Å². The molecule has 2 fully saturated rings. The van der Waals surface area contributed by atoms with Crippen molar-refractivity contribution in [2.45, 2.75) is 69.9 Å². The van der Waals surface area contributed by atoms with Crippen LogP contribution in [0.3, 0.4) is 0 Å².